The van der Waals surface area contributed by atoms with E-state index in [4.69, 9.17) is 0 Å². The summed E-state index contributed by atoms with van der Waals surface area (Å²) < 4.78 is 73.1. The zero-order chi connectivity index (χ0) is 18.2. The fraction of sp³-hybridized carbons (Fsp3) is 0.571. The predicted molar refractivity (Wildman–Crippen MR) is 90.3 cm³/mol. The molecule has 0 aliphatic heterocycles. The maximum absolute atomic E-state index is 12.8. The molecule has 0 unspecified atom stereocenters. The standard InChI is InChI=1S/C14H22O6S3/c1-10(2)21(15,16)14(22(17,18)11(3)4)23(19,20)13-8-6-12(5)7-9-13/h6-11,14H,1-5H3. The molecule has 0 radical (unpaired) electrons. The predicted octanol–water partition coefficient (Wildman–Crippen LogP) is 1.70. The van der Waals surface area contributed by atoms with E-state index >= 15 is 0 Å². The Morgan fingerprint density at radius 3 is 1.35 bits per heavy atom. The van der Waals surface area contributed by atoms with Crippen LogP contribution in [0.2, 0.25) is 0 Å². The minimum Gasteiger partial charge on any atom is -0.226 e. The summed E-state index contributed by atoms with van der Waals surface area (Å²) in [6.45, 7) is 6.81. The highest BCUT2D eigenvalue weighted by Crippen LogP contribution is 2.29. The molecule has 0 spiro atoms. The molecular formula is C14H22O6S3. The van der Waals surface area contributed by atoms with Crippen molar-refractivity contribution >= 4 is 29.5 Å². The Morgan fingerprint density at radius 2 is 1.04 bits per heavy atom. The van der Waals surface area contributed by atoms with Gasteiger partial charge in [0.1, 0.15) is 0 Å². The Hall–Kier alpha value is -0.930. The van der Waals surface area contributed by atoms with Gasteiger partial charge in [0.2, 0.25) is 9.84 Å². The highest BCUT2D eigenvalue weighted by Gasteiger charge is 2.50. The van der Waals surface area contributed by atoms with Gasteiger partial charge in [0, 0.05) is 0 Å². The number of sulfone groups is 3. The summed E-state index contributed by atoms with van der Waals surface area (Å²) in [6.07, 6.45) is 0. The molecule has 0 atom stereocenters. The average molecular weight is 383 g/mol. The largest absolute Gasteiger partial charge is 0.267 e. The van der Waals surface area contributed by atoms with Crippen molar-refractivity contribution in [2.75, 3.05) is 0 Å². The fourth-order valence-electron chi connectivity index (χ4n) is 1.82. The zero-order valence-electron chi connectivity index (χ0n) is 13.7. The third-order valence-corrected chi connectivity index (χ3v) is 13.3. The molecule has 132 valence electrons. The first-order chi connectivity index (χ1) is 10.3. The lowest BCUT2D eigenvalue weighted by molar-refractivity contribution is 0.565. The van der Waals surface area contributed by atoms with Crippen LogP contribution in [0.25, 0.3) is 0 Å². The maximum Gasteiger partial charge on any atom is 0.267 e. The van der Waals surface area contributed by atoms with Gasteiger partial charge in [0.05, 0.1) is 15.4 Å². The third-order valence-electron chi connectivity index (χ3n) is 3.45. The number of rotatable bonds is 6. The van der Waals surface area contributed by atoms with Crippen molar-refractivity contribution in [2.45, 2.75) is 53.9 Å². The molecule has 1 aromatic carbocycles. The van der Waals surface area contributed by atoms with Crippen LogP contribution >= 0.6 is 0 Å². The molecule has 0 saturated carbocycles. The van der Waals surface area contributed by atoms with E-state index in [-0.39, 0.29) is 4.90 Å². The molecule has 0 fully saturated rings. The molecule has 0 aliphatic rings. The first-order valence-corrected chi connectivity index (χ1v) is 11.8. The molecule has 0 aromatic heterocycles. The van der Waals surface area contributed by atoms with E-state index < -0.39 is 43.9 Å². The van der Waals surface area contributed by atoms with Crippen LogP contribution in [0.1, 0.15) is 33.3 Å². The number of benzene rings is 1. The maximum atomic E-state index is 12.8. The van der Waals surface area contributed by atoms with E-state index in [0.717, 1.165) is 5.56 Å². The molecule has 0 N–H and O–H groups in total. The summed E-state index contributed by atoms with van der Waals surface area (Å²) in [5.74, 6) is 0. The molecule has 0 bridgehead atoms. The van der Waals surface area contributed by atoms with Gasteiger partial charge in [0.25, 0.3) is 3.91 Å². The molecule has 0 aliphatic carbocycles. The van der Waals surface area contributed by atoms with Gasteiger partial charge in [-0.15, -0.1) is 0 Å². The topological polar surface area (TPSA) is 102 Å². The van der Waals surface area contributed by atoms with Crippen LogP contribution < -0.4 is 0 Å². The minimum absolute atomic E-state index is 0.318. The second kappa shape index (κ2) is 6.52. The van der Waals surface area contributed by atoms with Crippen LogP contribution in [-0.4, -0.2) is 39.7 Å². The minimum atomic E-state index is -4.60. The summed E-state index contributed by atoms with van der Waals surface area (Å²) in [7, 11) is -13.5. The summed E-state index contributed by atoms with van der Waals surface area (Å²) in [5.41, 5.74) is 0.777. The van der Waals surface area contributed by atoms with Crippen molar-refractivity contribution < 1.29 is 25.3 Å². The molecule has 23 heavy (non-hydrogen) atoms. The van der Waals surface area contributed by atoms with E-state index in [2.05, 4.69) is 0 Å². The van der Waals surface area contributed by atoms with Crippen molar-refractivity contribution in [1.29, 1.82) is 0 Å². The molecule has 0 saturated heterocycles. The molecule has 9 heteroatoms. The van der Waals surface area contributed by atoms with Crippen LogP contribution in [0.3, 0.4) is 0 Å². The van der Waals surface area contributed by atoms with Gasteiger partial charge >= 0.3 is 0 Å². The summed E-state index contributed by atoms with van der Waals surface area (Å²) in [5, 5.41) is -2.28. The second-order valence-corrected chi connectivity index (χ2v) is 14.0. The van der Waals surface area contributed by atoms with Gasteiger partial charge < -0.3 is 0 Å². The van der Waals surface area contributed by atoms with Gasteiger partial charge in [-0.2, -0.15) is 0 Å². The second-order valence-electron chi connectivity index (χ2n) is 5.92. The Labute approximate surface area is 138 Å². The van der Waals surface area contributed by atoms with Crippen molar-refractivity contribution in [3.8, 4) is 0 Å². The molecule has 0 amide bonds. The van der Waals surface area contributed by atoms with Crippen molar-refractivity contribution in [2.24, 2.45) is 0 Å². The lowest BCUT2D eigenvalue weighted by atomic mass is 10.2. The third kappa shape index (κ3) is 3.77. The first-order valence-electron chi connectivity index (χ1n) is 7.01. The Morgan fingerprint density at radius 1 is 0.696 bits per heavy atom. The van der Waals surface area contributed by atoms with Crippen LogP contribution in [0.5, 0.6) is 0 Å². The monoisotopic (exact) mass is 382 g/mol. The number of hydrogen-bond donors (Lipinski definition) is 0. The summed E-state index contributed by atoms with van der Waals surface area (Å²) in [6, 6.07) is 5.44. The smallest absolute Gasteiger partial charge is 0.226 e. The Balaban J connectivity index is 3.76. The SMILES string of the molecule is Cc1ccc(S(=O)(=O)C(S(=O)(=O)C(C)C)S(=O)(=O)C(C)C)cc1. The Bertz CT molecular complexity index is 823. The van der Waals surface area contributed by atoms with Crippen molar-refractivity contribution in [3.05, 3.63) is 29.8 Å². The number of hydrogen-bond acceptors (Lipinski definition) is 6. The highest BCUT2D eigenvalue weighted by atomic mass is 32.3. The molecule has 6 nitrogen and oxygen atoms in total. The normalized spacial score (nSPS) is 13.9. The fourth-order valence-corrected chi connectivity index (χ4v) is 11.1. The van der Waals surface area contributed by atoms with Crippen LogP contribution in [-0.2, 0) is 29.5 Å². The van der Waals surface area contributed by atoms with E-state index in [9.17, 15) is 25.3 Å². The van der Waals surface area contributed by atoms with Gasteiger partial charge in [0.15, 0.2) is 19.7 Å². The van der Waals surface area contributed by atoms with Gasteiger partial charge in [-0.25, -0.2) is 25.3 Å². The summed E-state index contributed by atoms with van der Waals surface area (Å²) in [4.78, 5) is -0.318. The summed E-state index contributed by atoms with van der Waals surface area (Å²) >= 11 is 0. The van der Waals surface area contributed by atoms with Crippen LogP contribution in [0.4, 0.5) is 0 Å². The lowest BCUT2D eigenvalue weighted by Gasteiger charge is -2.22. The van der Waals surface area contributed by atoms with Crippen LogP contribution in [0.15, 0.2) is 29.2 Å². The zero-order valence-corrected chi connectivity index (χ0v) is 16.2. The van der Waals surface area contributed by atoms with Gasteiger partial charge in [-0.1, -0.05) is 17.7 Å². The van der Waals surface area contributed by atoms with E-state index in [1.165, 1.54) is 52.0 Å². The molecule has 1 aromatic rings. The van der Waals surface area contributed by atoms with Gasteiger partial charge in [-0.3, -0.25) is 0 Å². The van der Waals surface area contributed by atoms with E-state index in [1.807, 2.05) is 0 Å². The van der Waals surface area contributed by atoms with E-state index in [0.29, 0.717) is 0 Å². The first kappa shape index (κ1) is 20.1. The molecule has 1 rings (SSSR count). The molecular weight excluding hydrogens is 360 g/mol. The quantitative estimate of drug-likeness (QED) is 0.742. The van der Waals surface area contributed by atoms with Crippen molar-refractivity contribution in [1.82, 2.24) is 0 Å². The average Bonchev–Trinajstić information content (AvgIpc) is 2.37. The van der Waals surface area contributed by atoms with Crippen LogP contribution in [0, 0.1) is 6.92 Å². The molecule has 0 heterocycles. The van der Waals surface area contributed by atoms with Gasteiger partial charge in [-0.05, 0) is 46.8 Å². The van der Waals surface area contributed by atoms with Crippen molar-refractivity contribution in [3.63, 3.8) is 0 Å². The Kier molecular flexibility index (Phi) is 5.71. The number of aryl methyl sites for hydroxylation is 1. The lowest BCUT2D eigenvalue weighted by Crippen LogP contribution is -2.44. The van der Waals surface area contributed by atoms with E-state index in [1.54, 1.807) is 6.92 Å². The highest BCUT2D eigenvalue weighted by molar-refractivity contribution is 8.24.